The van der Waals surface area contributed by atoms with Crippen LogP contribution in [-0.4, -0.2) is 14.8 Å². The lowest BCUT2D eigenvalue weighted by molar-refractivity contribution is 0.663. The normalized spacial score (nSPS) is 13.6. The highest BCUT2D eigenvalue weighted by Crippen LogP contribution is 2.43. The molecule has 1 aromatic carbocycles. The van der Waals surface area contributed by atoms with E-state index in [-0.39, 0.29) is 10.1 Å². The van der Waals surface area contributed by atoms with E-state index in [4.69, 9.17) is 44.3 Å². The van der Waals surface area contributed by atoms with Gasteiger partial charge in [-0.3, -0.25) is 0 Å². The van der Waals surface area contributed by atoms with Crippen molar-refractivity contribution in [2.24, 2.45) is 0 Å². The van der Waals surface area contributed by atoms with Crippen molar-refractivity contribution in [2.45, 2.75) is 57.5 Å². The van der Waals surface area contributed by atoms with Gasteiger partial charge in [0.2, 0.25) is 0 Å². The number of hydrogen-bond acceptors (Lipinski definition) is 0. The lowest BCUT2D eigenvalue weighted by Gasteiger charge is -2.37. The summed E-state index contributed by atoms with van der Waals surface area (Å²) in [4.78, 5) is 0. The first-order valence-corrected chi connectivity index (χ1v) is 14.0. The number of halogens is 4. The molecule has 0 aromatic heterocycles. The Balaban J connectivity index is 3.72. The highest BCUT2D eigenvalue weighted by molar-refractivity contribution is 7.35. The van der Waals surface area contributed by atoms with Gasteiger partial charge in [-0.15, -0.1) is 44.3 Å². The molecule has 2 radical (unpaired) electrons. The molecule has 0 nitrogen and oxygen atoms in total. The molecule has 0 unspecified atom stereocenters. The summed E-state index contributed by atoms with van der Waals surface area (Å²) in [6.45, 7) is 12.8. The lowest BCUT2D eigenvalue weighted by atomic mass is 9.82. The van der Waals surface area contributed by atoms with Crippen LogP contribution in [0.25, 0.3) is 0 Å². The molecule has 118 valence electrons. The molecule has 0 saturated heterocycles. The van der Waals surface area contributed by atoms with E-state index < -0.39 is 14.8 Å². The van der Waals surface area contributed by atoms with Gasteiger partial charge in [0.15, 0.2) is 0 Å². The van der Waals surface area contributed by atoms with E-state index in [1.807, 2.05) is 0 Å². The first-order valence-electron chi connectivity index (χ1n) is 6.94. The molecule has 0 spiro atoms. The van der Waals surface area contributed by atoms with Crippen molar-refractivity contribution >= 4 is 59.1 Å². The van der Waals surface area contributed by atoms with Gasteiger partial charge in [-0.2, -0.15) is 0 Å². The van der Waals surface area contributed by atoms with Crippen LogP contribution in [0.4, 0.5) is 0 Å². The molecule has 0 aliphatic rings. The predicted octanol–water partition coefficient (Wildman–Crippen LogP) is 6.38. The minimum atomic E-state index is -1.56. The summed E-state index contributed by atoms with van der Waals surface area (Å²) >= 11 is 25.5. The van der Waals surface area contributed by atoms with Crippen molar-refractivity contribution in [1.29, 1.82) is 0 Å². The fraction of sp³-hybridized carbons (Fsp3) is 0.600. The van der Waals surface area contributed by atoms with E-state index in [9.17, 15) is 0 Å². The zero-order valence-electron chi connectivity index (χ0n) is 13.3. The topological polar surface area (TPSA) is 0 Å². The van der Waals surface area contributed by atoms with Gasteiger partial charge in [0.1, 0.15) is 0 Å². The highest BCUT2D eigenvalue weighted by Gasteiger charge is 2.41. The maximum absolute atomic E-state index is 6.39. The Morgan fingerprint density at radius 3 is 1.71 bits per heavy atom. The molecule has 1 rings (SSSR count). The van der Waals surface area contributed by atoms with Crippen molar-refractivity contribution in [3.63, 3.8) is 0 Å². The van der Waals surface area contributed by atoms with Gasteiger partial charge in [0, 0.05) is 10.1 Å². The van der Waals surface area contributed by atoms with Crippen LogP contribution >= 0.6 is 44.3 Å². The molecule has 0 aliphatic carbocycles. The summed E-state index contributed by atoms with van der Waals surface area (Å²) in [5.74, 6) is 0.394. The smallest absolute Gasteiger partial charge is 0.146 e. The van der Waals surface area contributed by atoms with Crippen LogP contribution in [0.3, 0.4) is 0 Å². The lowest BCUT2D eigenvalue weighted by Crippen LogP contribution is -2.38. The van der Waals surface area contributed by atoms with Crippen LogP contribution < -0.4 is 0 Å². The summed E-state index contributed by atoms with van der Waals surface area (Å²) in [6.07, 6.45) is 0. The Bertz CT molecular complexity index is 496. The maximum Gasteiger partial charge on any atom is 0.284 e. The van der Waals surface area contributed by atoms with Crippen LogP contribution in [0.5, 0.6) is 0 Å². The van der Waals surface area contributed by atoms with Crippen molar-refractivity contribution in [3.8, 4) is 0 Å². The molecule has 0 heterocycles. The van der Waals surface area contributed by atoms with Crippen molar-refractivity contribution in [3.05, 3.63) is 34.9 Å². The van der Waals surface area contributed by atoms with Gasteiger partial charge in [0.05, 0.1) is 0 Å². The molecule has 0 bridgehead atoms. The standard InChI is InChI=1S/C15H22Cl4Si2/c1-10(2)11-8-7-9-12(14(3,4)20(16)17)13(11)15(5,6)21(18)19/h7-10H,1-6H3. The Hall–Kier alpha value is 0.814. The van der Waals surface area contributed by atoms with Crippen LogP contribution in [0.2, 0.25) is 0 Å². The molecule has 1 aromatic rings. The number of rotatable bonds is 5. The molecule has 21 heavy (non-hydrogen) atoms. The van der Waals surface area contributed by atoms with E-state index >= 15 is 0 Å². The molecule has 0 amide bonds. The summed E-state index contributed by atoms with van der Waals surface area (Å²) in [5, 5.41) is -0.539. The third-order valence-electron chi connectivity index (χ3n) is 3.96. The number of benzene rings is 1. The van der Waals surface area contributed by atoms with Gasteiger partial charge >= 0.3 is 0 Å². The maximum atomic E-state index is 6.39. The summed E-state index contributed by atoms with van der Waals surface area (Å²) in [6, 6.07) is 6.37. The summed E-state index contributed by atoms with van der Waals surface area (Å²) in [5.41, 5.74) is 3.69. The average molecular weight is 400 g/mol. The predicted molar refractivity (Wildman–Crippen MR) is 102 cm³/mol. The first kappa shape index (κ1) is 19.9. The molecular weight excluding hydrogens is 378 g/mol. The van der Waals surface area contributed by atoms with Gasteiger partial charge in [0.25, 0.3) is 14.8 Å². The van der Waals surface area contributed by atoms with Crippen molar-refractivity contribution in [2.75, 3.05) is 0 Å². The third kappa shape index (κ3) is 4.02. The van der Waals surface area contributed by atoms with E-state index in [1.54, 1.807) is 0 Å². The Morgan fingerprint density at radius 2 is 1.33 bits per heavy atom. The molecule has 0 N–H and O–H groups in total. The van der Waals surface area contributed by atoms with Crippen LogP contribution in [0.1, 0.15) is 64.2 Å². The van der Waals surface area contributed by atoms with E-state index in [0.29, 0.717) is 5.92 Å². The Labute approximate surface area is 151 Å². The SMILES string of the molecule is CC(C)c1cccc(C(C)(C)[Si](Cl)Cl)c1C(C)(C)[Si](Cl)Cl. The van der Waals surface area contributed by atoms with Gasteiger partial charge in [-0.05, 0) is 22.6 Å². The molecule has 0 aliphatic heterocycles. The zero-order chi connectivity index (χ0) is 16.6. The third-order valence-corrected chi connectivity index (χ3v) is 12.0. The van der Waals surface area contributed by atoms with Gasteiger partial charge in [-0.1, -0.05) is 59.7 Å². The monoisotopic (exact) mass is 398 g/mol. The molecule has 0 fully saturated rings. The minimum absolute atomic E-state index is 0.267. The highest BCUT2D eigenvalue weighted by atomic mass is 35.7. The van der Waals surface area contributed by atoms with Gasteiger partial charge in [-0.25, -0.2) is 0 Å². The fourth-order valence-electron chi connectivity index (χ4n) is 2.47. The molecular formula is C15H22Cl4Si2. The number of hydrogen-bond donors (Lipinski definition) is 0. The van der Waals surface area contributed by atoms with Crippen LogP contribution in [-0.2, 0) is 10.1 Å². The van der Waals surface area contributed by atoms with E-state index in [2.05, 4.69) is 59.7 Å². The van der Waals surface area contributed by atoms with Crippen molar-refractivity contribution < 1.29 is 0 Å². The second-order valence-corrected chi connectivity index (χ2v) is 15.9. The van der Waals surface area contributed by atoms with E-state index in [1.165, 1.54) is 16.7 Å². The van der Waals surface area contributed by atoms with E-state index in [0.717, 1.165) is 0 Å². The zero-order valence-corrected chi connectivity index (χ0v) is 18.3. The molecule has 0 saturated carbocycles. The Kier molecular flexibility index (Phi) is 6.76. The second-order valence-electron chi connectivity index (χ2n) is 6.70. The van der Waals surface area contributed by atoms with Gasteiger partial charge < -0.3 is 0 Å². The minimum Gasteiger partial charge on any atom is -0.146 e. The van der Waals surface area contributed by atoms with Crippen molar-refractivity contribution in [1.82, 2.24) is 0 Å². The first-order chi connectivity index (χ1) is 9.44. The Morgan fingerprint density at radius 1 is 0.857 bits per heavy atom. The quantitative estimate of drug-likeness (QED) is 0.398. The average Bonchev–Trinajstić information content (AvgIpc) is 2.37. The second kappa shape index (κ2) is 7.15. The molecule has 6 heteroatoms. The van der Waals surface area contributed by atoms with Crippen LogP contribution in [0, 0.1) is 0 Å². The largest absolute Gasteiger partial charge is 0.284 e. The molecule has 0 atom stereocenters. The van der Waals surface area contributed by atoms with Crippen LogP contribution in [0.15, 0.2) is 18.2 Å². The fourth-order valence-corrected chi connectivity index (χ4v) is 4.52. The summed E-state index contributed by atoms with van der Waals surface area (Å²) < 4.78 is 0. The summed E-state index contributed by atoms with van der Waals surface area (Å²) in [7, 11) is -3.10.